The molecule has 0 aromatic carbocycles. The summed E-state index contributed by atoms with van der Waals surface area (Å²) in [6.07, 6.45) is 3.65. The molecule has 1 atom stereocenters. The van der Waals surface area contributed by atoms with Crippen molar-refractivity contribution in [3.8, 4) is 0 Å². The third kappa shape index (κ3) is 1.98. The minimum atomic E-state index is -1.06. The van der Waals surface area contributed by atoms with Gasteiger partial charge in [-0.15, -0.1) is 11.6 Å². The van der Waals surface area contributed by atoms with Crippen molar-refractivity contribution in [2.75, 3.05) is 5.88 Å². The molecular weight excluding hydrogens is 246 g/mol. The lowest BCUT2D eigenvalue weighted by atomic mass is 9.93. The summed E-state index contributed by atoms with van der Waals surface area (Å²) in [5.74, 6) is -2.27. The molecule has 6 heteroatoms. The molecule has 1 unspecified atom stereocenters. The number of aliphatic carboxylic acids is 1. The first-order valence-electron chi connectivity index (χ1n) is 5.11. The molecule has 0 saturated carbocycles. The van der Waals surface area contributed by atoms with Gasteiger partial charge in [0.05, 0.1) is 5.57 Å². The number of carbonyl (C=O) groups is 3. The number of carbonyl (C=O) groups excluding carboxylic acids is 2. The van der Waals surface area contributed by atoms with Gasteiger partial charge in [0.1, 0.15) is 5.88 Å². The molecular formula is C11H10ClNO4. The number of carboxylic acid groups (broad SMARTS) is 1. The highest BCUT2D eigenvalue weighted by molar-refractivity contribution is 6.28. The normalized spacial score (nSPS) is 23.0. The second-order valence-electron chi connectivity index (χ2n) is 3.93. The zero-order chi connectivity index (χ0) is 12.6. The van der Waals surface area contributed by atoms with Crippen LogP contribution in [0.1, 0.15) is 12.8 Å². The zero-order valence-corrected chi connectivity index (χ0v) is 9.61. The van der Waals surface area contributed by atoms with Gasteiger partial charge < -0.3 is 5.11 Å². The molecule has 2 amide bonds. The van der Waals surface area contributed by atoms with E-state index in [4.69, 9.17) is 16.7 Å². The van der Waals surface area contributed by atoms with E-state index >= 15 is 0 Å². The number of rotatable bonds is 2. The Bertz CT molecular complexity index is 458. The number of imide groups is 1. The van der Waals surface area contributed by atoms with E-state index in [1.54, 1.807) is 6.08 Å². The van der Waals surface area contributed by atoms with Crippen LogP contribution >= 0.6 is 11.6 Å². The largest absolute Gasteiger partial charge is 0.478 e. The maximum Gasteiger partial charge on any atom is 0.335 e. The van der Waals surface area contributed by atoms with Crippen LogP contribution in [-0.4, -0.2) is 33.7 Å². The first-order chi connectivity index (χ1) is 8.04. The molecule has 0 spiro atoms. The first-order valence-corrected chi connectivity index (χ1v) is 5.65. The second kappa shape index (κ2) is 4.33. The van der Waals surface area contributed by atoms with Crippen LogP contribution in [0.2, 0.25) is 0 Å². The highest BCUT2D eigenvalue weighted by Crippen LogP contribution is 2.36. The maximum atomic E-state index is 11.7. The number of allylic oxidation sites excluding steroid dienone is 2. The number of nitrogens with zero attached hydrogens (tertiary/aromatic N) is 1. The van der Waals surface area contributed by atoms with Gasteiger partial charge >= 0.3 is 5.97 Å². The average molecular weight is 256 g/mol. The molecule has 0 radical (unpaired) electrons. The SMILES string of the molecule is O=C(O)C1=CCC2CC(=O)N(C(=O)CCl)C2=C1. The summed E-state index contributed by atoms with van der Waals surface area (Å²) in [4.78, 5) is 35.0. The summed E-state index contributed by atoms with van der Waals surface area (Å²) >= 11 is 5.43. The second-order valence-corrected chi connectivity index (χ2v) is 4.19. The third-order valence-electron chi connectivity index (χ3n) is 2.88. The third-order valence-corrected chi connectivity index (χ3v) is 3.11. The van der Waals surface area contributed by atoms with Crippen molar-refractivity contribution in [2.45, 2.75) is 12.8 Å². The van der Waals surface area contributed by atoms with Crippen molar-refractivity contribution in [3.05, 3.63) is 23.4 Å². The van der Waals surface area contributed by atoms with Crippen LogP contribution in [0.25, 0.3) is 0 Å². The van der Waals surface area contributed by atoms with Crippen molar-refractivity contribution in [3.63, 3.8) is 0 Å². The number of hydrogen-bond acceptors (Lipinski definition) is 3. The van der Waals surface area contributed by atoms with Crippen LogP contribution < -0.4 is 0 Å². The highest BCUT2D eigenvalue weighted by Gasteiger charge is 2.39. The van der Waals surface area contributed by atoms with Crippen molar-refractivity contribution < 1.29 is 19.5 Å². The van der Waals surface area contributed by atoms with E-state index in [-0.39, 0.29) is 29.7 Å². The summed E-state index contributed by atoms with van der Waals surface area (Å²) in [7, 11) is 0. The lowest BCUT2D eigenvalue weighted by molar-refractivity contribution is -0.138. The van der Waals surface area contributed by atoms with Crippen LogP contribution in [0.3, 0.4) is 0 Å². The molecule has 0 aromatic heterocycles. The van der Waals surface area contributed by atoms with Crippen LogP contribution in [0.15, 0.2) is 23.4 Å². The molecule has 1 aliphatic carbocycles. The van der Waals surface area contributed by atoms with Crippen molar-refractivity contribution >= 4 is 29.4 Å². The predicted molar refractivity (Wildman–Crippen MR) is 59.1 cm³/mol. The van der Waals surface area contributed by atoms with Gasteiger partial charge in [-0.1, -0.05) is 6.08 Å². The Hall–Kier alpha value is -1.62. The molecule has 1 saturated heterocycles. The summed E-state index contributed by atoms with van der Waals surface area (Å²) in [5, 5.41) is 8.88. The molecule has 1 fully saturated rings. The Balaban J connectivity index is 2.36. The maximum absolute atomic E-state index is 11.7. The minimum absolute atomic E-state index is 0.0993. The monoisotopic (exact) mass is 255 g/mol. The van der Waals surface area contributed by atoms with E-state index in [1.165, 1.54) is 6.08 Å². The molecule has 90 valence electrons. The van der Waals surface area contributed by atoms with Crippen molar-refractivity contribution in [1.29, 1.82) is 0 Å². The average Bonchev–Trinajstić information content (AvgIpc) is 2.62. The fraction of sp³-hybridized carbons (Fsp3) is 0.364. The Morgan fingerprint density at radius 2 is 2.24 bits per heavy atom. The summed E-state index contributed by atoms with van der Waals surface area (Å²) < 4.78 is 0. The van der Waals surface area contributed by atoms with Gasteiger partial charge in [0.15, 0.2) is 0 Å². The number of halogens is 1. The van der Waals surface area contributed by atoms with Crippen molar-refractivity contribution in [2.24, 2.45) is 5.92 Å². The Morgan fingerprint density at radius 1 is 1.53 bits per heavy atom. The molecule has 2 aliphatic rings. The fourth-order valence-electron chi connectivity index (χ4n) is 2.10. The van der Waals surface area contributed by atoms with E-state index in [9.17, 15) is 14.4 Å². The fourth-order valence-corrected chi connectivity index (χ4v) is 2.22. The molecule has 2 rings (SSSR count). The number of likely N-dealkylation sites (tertiary alicyclic amines) is 1. The van der Waals surface area contributed by atoms with Crippen LogP contribution in [-0.2, 0) is 14.4 Å². The summed E-state index contributed by atoms with van der Waals surface area (Å²) in [6, 6.07) is 0. The Morgan fingerprint density at radius 3 is 2.82 bits per heavy atom. The number of carboxylic acids is 1. The molecule has 1 heterocycles. The van der Waals surface area contributed by atoms with Gasteiger partial charge in [0.2, 0.25) is 11.8 Å². The quantitative estimate of drug-likeness (QED) is 0.744. The highest BCUT2D eigenvalue weighted by atomic mass is 35.5. The van der Waals surface area contributed by atoms with Gasteiger partial charge in [-0.05, 0) is 12.5 Å². The predicted octanol–water partition coefficient (Wildman–Crippen LogP) is 0.899. The van der Waals surface area contributed by atoms with Gasteiger partial charge in [-0.25, -0.2) is 4.79 Å². The molecule has 5 nitrogen and oxygen atoms in total. The minimum Gasteiger partial charge on any atom is -0.478 e. The number of fused-ring (bicyclic) bond motifs is 1. The van der Waals surface area contributed by atoms with Crippen LogP contribution in [0, 0.1) is 5.92 Å². The first kappa shape index (κ1) is 11.9. The smallest absolute Gasteiger partial charge is 0.335 e. The lowest BCUT2D eigenvalue weighted by Crippen LogP contribution is -2.32. The van der Waals surface area contributed by atoms with Gasteiger partial charge in [-0.3, -0.25) is 14.5 Å². The Labute approximate surface area is 102 Å². The number of alkyl halides is 1. The molecule has 1 N–H and O–H groups in total. The standard InChI is InChI=1S/C11H10ClNO4/c12-5-10(15)13-8-3-7(11(16)17)2-1-6(8)4-9(13)14/h2-3,6H,1,4-5H2,(H,16,17). The lowest BCUT2D eigenvalue weighted by Gasteiger charge is -2.20. The number of amides is 2. The number of hydrogen-bond donors (Lipinski definition) is 1. The topological polar surface area (TPSA) is 74.7 Å². The zero-order valence-electron chi connectivity index (χ0n) is 8.85. The van der Waals surface area contributed by atoms with Crippen LogP contribution in [0.4, 0.5) is 0 Å². The Kier molecular flexibility index (Phi) is 3.02. The van der Waals surface area contributed by atoms with E-state index in [2.05, 4.69) is 0 Å². The van der Waals surface area contributed by atoms with E-state index in [0.717, 1.165) is 4.90 Å². The summed E-state index contributed by atoms with van der Waals surface area (Å²) in [6.45, 7) is 0. The molecule has 0 aromatic rings. The molecule has 0 bridgehead atoms. The van der Waals surface area contributed by atoms with Gasteiger partial charge in [0, 0.05) is 18.0 Å². The van der Waals surface area contributed by atoms with Gasteiger partial charge in [-0.2, -0.15) is 0 Å². The van der Waals surface area contributed by atoms with Gasteiger partial charge in [0.25, 0.3) is 0 Å². The molecule has 17 heavy (non-hydrogen) atoms. The van der Waals surface area contributed by atoms with E-state index in [1.807, 2.05) is 0 Å². The molecule has 1 aliphatic heterocycles. The van der Waals surface area contributed by atoms with E-state index < -0.39 is 11.9 Å². The van der Waals surface area contributed by atoms with Crippen molar-refractivity contribution in [1.82, 2.24) is 4.90 Å². The summed E-state index contributed by atoms with van der Waals surface area (Å²) in [5.41, 5.74) is 0.568. The van der Waals surface area contributed by atoms with E-state index in [0.29, 0.717) is 12.1 Å². The van der Waals surface area contributed by atoms with Crippen LogP contribution in [0.5, 0.6) is 0 Å².